The van der Waals surface area contributed by atoms with E-state index in [4.69, 9.17) is 5.11 Å². The normalized spacial score (nSPS) is 11.9. The zero-order valence-electron chi connectivity index (χ0n) is 11.9. The van der Waals surface area contributed by atoms with Crippen molar-refractivity contribution in [1.29, 1.82) is 0 Å². The number of urea groups is 1. The maximum absolute atomic E-state index is 11.4. The van der Waals surface area contributed by atoms with E-state index in [1.807, 2.05) is 18.7 Å². The first-order chi connectivity index (χ1) is 9.06. The summed E-state index contributed by atoms with van der Waals surface area (Å²) in [6, 6.07) is -0.130. The Hall–Kier alpha value is -0.910. The van der Waals surface area contributed by atoms with Crippen molar-refractivity contribution in [3.05, 3.63) is 0 Å². The number of rotatable bonds is 11. The molecule has 19 heavy (non-hydrogen) atoms. The van der Waals surface area contributed by atoms with Gasteiger partial charge in [0.2, 0.25) is 0 Å². The van der Waals surface area contributed by atoms with Gasteiger partial charge in [0.15, 0.2) is 0 Å². The highest BCUT2D eigenvalue weighted by atomic mass is 32.2. The highest BCUT2D eigenvalue weighted by molar-refractivity contribution is 7.98. The van der Waals surface area contributed by atoms with Gasteiger partial charge in [0.1, 0.15) is 0 Å². The van der Waals surface area contributed by atoms with Crippen molar-refractivity contribution >= 4 is 23.8 Å². The van der Waals surface area contributed by atoms with Crippen molar-refractivity contribution in [3.63, 3.8) is 0 Å². The van der Waals surface area contributed by atoms with Crippen LogP contribution in [0.1, 0.15) is 39.0 Å². The number of nitrogens with one attached hydrogen (secondary N) is 2. The number of hydrogen-bond donors (Lipinski definition) is 3. The molecule has 0 fully saturated rings. The summed E-state index contributed by atoms with van der Waals surface area (Å²) < 4.78 is 0. The molecule has 2 amide bonds. The molecule has 5 nitrogen and oxygen atoms in total. The van der Waals surface area contributed by atoms with Crippen LogP contribution in [0.2, 0.25) is 0 Å². The van der Waals surface area contributed by atoms with Gasteiger partial charge in [-0.25, -0.2) is 4.79 Å². The molecule has 0 aliphatic heterocycles. The fraction of sp³-hybridized carbons (Fsp3) is 0.846. The zero-order valence-corrected chi connectivity index (χ0v) is 12.7. The largest absolute Gasteiger partial charge is 0.481 e. The van der Waals surface area contributed by atoms with Gasteiger partial charge in [0.05, 0.1) is 0 Å². The number of amides is 2. The molecule has 0 aliphatic rings. The average molecular weight is 290 g/mol. The van der Waals surface area contributed by atoms with Crippen LogP contribution in [0, 0.1) is 5.92 Å². The van der Waals surface area contributed by atoms with Gasteiger partial charge < -0.3 is 15.7 Å². The summed E-state index contributed by atoms with van der Waals surface area (Å²) >= 11 is 1.81. The maximum Gasteiger partial charge on any atom is 0.314 e. The molecule has 0 bridgehead atoms. The van der Waals surface area contributed by atoms with Crippen LogP contribution >= 0.6 is 11.8 Å². The van der Waals surface area contributed by atoms with Gasteiger partial charge in [0, 0.05) is 19.5 Å². The summed E-state index contributed by atoms with van der Waals surface area (Å²) in [5, 5.41) is 14.2. The number of aliphatic carboxylic acids is 1. The fourth-order valence-corrected chi connectivity index (χ4v) is 2.07. The third-order valence-electron chi connectivity index (χ3n) is 2.83. The van der Waals surface area contributed by atoms with Crippen LogP contribution in [0.25, 0.3) is 0 Å². The van der Waals surface area contributed by atoms with E-state index in [2.05, 4.69) is 16.9 Å². The zero-order chi connectivity index (χ0) is 14.5. The van der Waals surface area contributed by atoms with Gasteiger partial charge in [0.25, 0.3) is 0 Å². The third kappa shape index (κ3) is 13.3. The van der Waals surface area contributed by atoms with Crippen molar-refractivity contribution in [3.8, 4) is 0 Å². The van der Waals surface area contributed by atoms with Crippen LogP contribution in [-0.4, -0.2) is 42.2 Å². The SMILES string of the molecule is CSCCCCNC(=O)NCCC(C)CCC(=O)O. The average Bonchev–Trinajstić information content (AvgIpc) is 2.36. The van der Waals surface area contributed by atoms with Crippen molar-refractivity contribution in [2.45, 2.75) is 39.0 Å². The first kappa shape index (κ1) is 18.1. The Balaban J connectivity index is 3.39. The lowest BCUT2D eigenvalue weighted by atomic mass is 10.0. The van der Waals surface area contributed by atoms with Crippen molar-refractivity contribution < 1.29 is 14.7 Å². The second kappa shape index (κ2) is 12.1. The monoisotopic (exact) mass is 290 g/mol. The quantitative estimate of drug-likeness (QED) is 0.510. The summed E-state index contributed by atoms with van der Waals surface area (Å²) in [5.74, 6) is 0.686. The highest BCUT2D eigenvalue weighted by Crippen LogP contribution is 2.08. The molecule has 0 saturated carbocycles. The Morgan fingerprint density at radius 2 is 1.84 bits per heavy atom. The van der Waals surface area contributed by atoms with E-state index < -0.39 is 5.97 Å². The minimum atomic E-state index is -0.761. The second-order valence-corrected chi connectivity index (χ2v) is 5.69. The summed E-state index contributed by atoms with van der Waals surface area (Å²) in [6.07, 6.45) is 5.87. The highest BCUT2D eigenvalue weighted by Gasteiger charge is 2.06. The summed E-state index contributed by atoms with van der Waals surface area (Å²) in [6.45, 7) is 3.31. The molecule has 0 aliphatic carbocycles. The molecule has 0 aromatic rings. The molecule has 0 heterocycles. The van der Waals surface area contributed by atoms with Crippen molar-refractivity contribution in [2.75, 3.05) is 25.1 Å². The lowest BCUT2D eigenvalue weighted by molar-refractivity contribution is -0.137. The molecule has 0 aromatic carbocycles. The van der Waals surface area contributed by atoms with E-state index in [0.717, 1.165) is 25.0 Å². The van der Waals surface area contributed by atoms with Crippen molar-refractivity contribution in [1.82, 2.24) is 10.6 Å². The first-order valence-corrected chi connectivity index (χ1v) is 8.18. The van der Waals surface area contributed by atoms with E-state index in [0.29, 0.717) is 25.4 Å². The first-order valence-electron chi connectivity index (χ1n) is 6.78. The number of carbonyl (C=O) groups excluding carboxylic acids is 1. The topological polar surface area (TPSA) is 78.4 Å². The summed E-state index contributed by atoms with van der Waals surface area (Å²) in [4.78, 5) is 21.8. The molecule has 0 aromatic heterocycles. The molecule has 0 spiro atoms. The minimum Gasteiger partial charge on any atom is -0.481 e. The Morgan fingerprint density at radius 3 is 2.47 bits per heavy atom. The molecular formula is C13H26N2O3S. The molecule has 0 saturated heterocycles. The Labute approximate surface area is 119 Å². The Bertz CT molecular complexity index is 262. The lowest BCUT2D eigenvalue weighted by Crippen LogP contribution is -2.37. The number of carboxylic acids is 1. The van der Waals surface area contributed by atoms with E-state index in [1.54, 1.807) is 0 Å². The number of carboxylic acid groups (broad SMARTS) is 1. The number of unbranched alkanes of at least 4 members (excludes halogenated alkanes) is 1. The molecule has 6 heteroatoms. The van der Waals surface area contributed by atoms with Gasteiger partial charge >= 0.3 is 12.0 Å². The van der Waals surface area contributed by atoms with Crippen LogP contribution in [0.15, 0.2) is 0 Å². The van der Waals surface area contributed by atoms with E-state index >= 15 is 0 Å². The smallest absolute Gasteiger partial charge is 0.314 e. The number of thioether (sulfide) groups is 1. The Kier molecular flexibility index (Phi) is 11.6. The van der Waals surface area contributed by atoms with Crippen LogP contribution in [0.3, 0.4) is 0 Å². The summed E-state index contributed by atoms with van der Waals surface area (Å²) in [7, 11) is 0. The molecule has 1 atom stereocenters. The molecule has 0 rings (SSSR count). The molecule has 112 valence electrons. The van der Waals surface area contributed by atoms with Gasteiger partial charge in [-0.2, -0.15) is 11.8 Å². The van der Waals surface area contributed by atoms with E-state index in [9.17, 15) is 9.59 Å². The van der Waals surface area contributed by atoms with Crippen molar-refractivity contribution in [2.24, 2.45) is 5.92 Å². The van der Waals surface area contributed by atoms with Gasteiger partial charge in [-0.15, -0.1) is 0 Å². The predicted molar refractivity (Wildman–Crippen MR) is 79.7 cm³/mol. The third-order valence-corrected chi connectivity index (χ3v) is 3.53. The van der Waals surface area contributed by atoms with Gasteiger partial charge in [-0.1, -0.05) is 6.92 Å². The van der Waals surface area contributed by atoms with E-state index in [1.165, 1.54) is 0 Å². The lowest BCUT2D eigenvalue weighted by Gasteiger charge is -2.11. The molecule has 3 N–H and O–H groups in total. The van der Waals surface area contributed by atoms with Gasteiger partial charge in [-0.3, -0.25) is 4.79 Å². The summed E-state index contributed by atoms with van der Waals surface area (Å²) in [5.41, 5.74) is 0. The van der Waals surface area contributed by atoms with Gasteiger partial charge in [-0.05, 0) is 43.6 Å². The number of carbonyl (C=O) groups is 2. The van der Waals surface area contributed by atoms with E-state index in [-0.39, 0.29) is 12.5 Å². The Morgan fingerprint density at radius 1 is 1.16 bits per heavy atom. The second-order valence-electron chi connectivity index (χ2n) is 4.71. The van der Waals surface area contributed by atoms with Crippen LogP contribution < -0.4 is 10.6 Å². The molecule has 1 unspecified atom stereocenters. The minimum absolute atomic E-state index is 0.130. The number of hydrogen-bond acceptors (Lipinski definition) is 3. The fourth-order valence-electron chi connectivity index (χ4n) is 1.58. The maximum atomic E-state index is 11.4. The predicted octanol–water partition coefficient (Wildman–Crippen LogP) is 2.32. The van der Waals surface area contributed by atoms with Crippen LogP contribution in [-0.2, 0) is 4.79 Å². The van der Waals surface area contributed by atoms with Crippen LogP contribution in [0.5, 0.6) is 0 Å². The molecule has 0 radical (unpaired) electrons. The standard InChI is InChI=1S/C13H26N2O3S/c1-11(5-6-12(16)17)7-9-15-13(18)14-8-3-4-10-19-2/h11H,3-10H2,1-2H3,(H,16,17)(H2,14,15,18). The molecular weight excluding hydrogens is 264 g/mol. The van der Waals surface area contributed by atoms with Crippen LogP contribution in [0.4, 0.5) is 4.79 Å².